The maximum Gasteiger partial charge on any atom is 0.305 e. The zero-order valence-electron chi connectivity index (χ0n) is 26.1. The van der Waals surface area contributed by atoms with Gasteiger partial charge >= 0.3 is 5.97 Å². The van der Waals surface area contributed by atoms with Crippen molar-refractivity contribution < 1.29 is 43.2 Å². The molecule has 0 fully saturated rings. The Kier molecular flexibility index (Phi) is 16.9. The summed E-state index contributed by atoms with van der Waals surface area (Å²) in [5.74, 6) is 7.54. The smallest absolute Gasteiger partial charge is 0.305 e. The monoisotopic (exact) mass is 634 g/mol. The van der Waals surface area contributed by atoms with Gasteiger partial charge in [0.05, 0.1) is 78.1 Å². The Balaban J connectivity index is 1.50. The molecule has 246 valence electrons. The number of rotatable bonds is 22. The third-order valence-electron chi connectivity index (χ3n) is 6.85. The molecule has 0 aromatic heterocycles. The topological polar surface area (TPSA) is 124 Å². The lowest BCUT2D eigenvalue weighted by atomic mass is 10.0. The number of terminal acetylenes is 1. The van der Waals surface area contributed by atoms with Crippen molar-refractivity contribution >= 4 is 23.5 Å². The largest absolute Gasteiger partial charge is 0.481 e. The number of benzene rings is 2. The number of amides is 2. The van der Waals surface area contributed by atoms with Crippen LogP contribution in [0.2, 0.25) is 0 Å². The molecular formula is C35H42N2O9. The van der Waals surface area contributed by atoms with Gasteiger partial charge < -0.3 is 38.6 Å². The molecule has 1 N–H and O–H groups in total. The van der Waals surface area contributed by atoms with Crippen LogP contribution in [0.3, 0.4) is 0 Å². The minimum atomic E-state index is -0.908. The molecule has 0 bridgehead atoms. The van der Waals surface area contributed by atoms with Crippen molar-refractivity contribution in [1.82, 2.24) is 4.90 Å². The lowest BCUT2D eigenvalue weighted by Crippen LogP contribution is -2.38. The van der Waals surface area contributed by atoms with E-state index in [0.717, 1.165) is 22.4 Å². The number of carbonyl (C=O) groups is 3. The van der Waals surface area contributed by atoms with E-state index in [9.17, 15) is 14.4 Å². The standard InChI is InChI=1S/C35H42N2O9/c1-2-18-42-22-24-44-20-16-36(17-21-45-25-27-46-26-23-43-19-15-35(40)41)33(38)13-14-34(39)37-28-31-9-4-3-7-29(31)11-12-30-8-5-6-10-32(30)37/h1,3-10H,13-28H2,(H,40,41). The van der Waals surface area contributed by atoms with Gasteiger partial charge in [-0.05, 0) is 23.8 Å². The first-order chi connectivity index (χ1) is 22.5. The van der Waals surface area contributed by atoms with Gasteiger partial charge in [0.1, 0.15) is 6.61 Å². The molecule has 0 saturated carbocycles. The van der Waals surface area contributed by atoms with Gasteiger partial charge in [-0.25, -0.2) is 0 Å². The summed E-state index contributed by atoms with van der Waals surface area (Å²) in [5, 5.41) is 8.61. The zero-order valence-corrected chi connectivity index (χ0v) is 26.1. The highest BCUT2D eigenvalue weighted by atomic mass is 16.5. The van der Waals surface area contributed by atoms with Crippen LogP contribution in [-0.4, -0.2) is 107 Å². The molecule has 0 aliphatic carbocycles. The van der Waals surface area contributed by atoms with Crippen LogP contribution in [0.1, 0.15) is 36.0 Å². The molecule has 2 aromatic carbocycles. The van der Waals surface area contributed by atoms with Crippen LogP contribution in [0.15, 0.2) is 48.5 Å². The molecule has 3 rings (SSSR count). The molecule has 0 spiro atoms. The van der Waals surface area contributed by atoms with Gasteiger partial charge in [0.15, 0.2) is 0 Å². The highest BCUT2D eigenvalue weighted by Crippen LogP contribution is 2.26. The van der Waals surface area contributed by atoms with Crippen LogP contribution in [0.25, 0.3) is 0 Å². The average Bonchev–Trinajstić information content (AvgIpc) is 3.05. The number of aliphatic carboxylic acids is 1. The molecule has 11 nitrogen and oxygen atoms in total. The van der Waals surface area contributed by atoms with Gasteiger partial charge in [-0.15, -0.1) is 6.42 Å². The third-order valence-corrected chi connectivity index (χ3v) is 6.85. The predicted molar refractivity (Wildman–Crippen MR) is 171 cm³/mol. The van der Waals surface area contributed by atoms with Crippen molar-refractivity contribution in [3.8, 4) is 24.2 Å². The zero-order chi connectivity index (χ0) is 32.8. The number of anilines is 1. The molecule has 1 heterocycles. The van der Waals surface area contributed by atoms with E-state index in [-0.39, 0.29) is 50.9 Å². The number of para-hydroxylation sites is 1. The summed E-state index contributed by atoms with van der Waals surface area (Å²) in [6.45, 7) is 3.88. The van der Waals surface area contributed by atoms with Crippen LogP contribution in [0.5, 0.6) is 0 Å². The Morgan fingerprint density at radius 3 is 1.98 bits per heavy atom. The van der Waals surface area contributed by atoms with E-state index in [0.29, 0.717) is 65.9 Å². The molecular weight excluding hydrogens is 592 g/mol. The molecule has 46 heavy (non-hydrogen) atoms. The summed E-state index contributed by atoms with van der Waals surface area (Å²) in [5.41, 5.74) is 3.30. The lowest BCUT2D eigenvalue weighted by molar-refractivity contribution is -0.138. The first-order valence-corrected chi connectivity index (χ1v) is 15.3. The van der Waals surface area contributed by atoms with Crippen molar-refractivity contribution in [3.05, 3.63) is 65.2 Å². The van der Waals surface area contributed by atoms with Crippen molar-refractivity contribution in [2.75, 3.05) is 84.1 Å². The molecule has 0 unspecified atom stereocenters. The summed E-state index contributed by atoms with van der Waals surface area (Å²) in [4.78, 5) is 40.8. The number of ether oxygens (including phenoxy) is 5. The quantitative estimate of drug-likeness (QED) is 0.154. The minimum Gasteiger partial charge on any atom is -0.481 e. The number of carbonyl (C=O) groups excluding carboxylic acids is 2. The van der Waals surface area contributed by atoms with E-state index in [4.69, 9.17) is 35.2 Å². The number of nitrogens with zero attached hydrogens (tertiary/aromatic N) is 2. The first-order valence-electron chi connectivity index (χ1n) is 15.3. The van der Waals surface area contributed by atoms with Gasteiger partial charge in [-0.3, -0.25) is 14.4 Å². The van der Waals surface area contributed by atoms with Gasteiger partial charge in [-0.2, -0.15) is 0 Å². The highest BCUT2D eigenvalue weighted by molar-refractivity contribution is 5.96. The molecule has 2 amide bonds. The third kappa shape index (κ3) is 13.4. The Labute approximate surface area is 270 Å². The Morgan fingerprint density at radius 1 is 0.739 bits per heavy atom. The fourth-order valence-corrected chi connectivity index (χ4v) is 4.48. The van der Waals surface area contributed by atoms with Crippen molar-refractivity contribution in [2.45, 2.75) is 25.8 Å². The van der Waals surface area contributed by atoms with Crippen LogP contribution in [-0.2, 0) is 44.6 Å². The van der Waals surface area contributed by atoms with Crippen LogP contribution in [0, 0.1) is 24.2 Å². The average molecular weight is 635 g/mol. The highest BCUT2D eigenvalue weighted by Gasteiger charge is 2.23. The van der Waals surface area contributed by atoms with Crippen LogP contribution in [0.4, 0.5) is 5.69 Å². The summed E-state index contributed by atoms with van der Waals surface area (Å²) in [6, 6.07) is 15.3. The van der Waals surface area contributed by atoms with E-state index in [1.807, 2.05) is 48.5 Å². The number of carboxylic acids is 1. The molecule has 2 aromatic rings. The van der Waals surface area contributed by atoms with Crippen LogP contribution >= 0.6 is 0 Å². The van der Waals surface area contributed by atoms with Crippen molar-refractivity contribution in [2.24, 2.45) is 0 Å². The fourth-order valence-electron chi connectivity index (χ4n) is 4.48. The van der Waals surface area contributed by atoms with Crippen LogP contribution < -0.4 is 4.90 Å². The minimum absolute atomic E-state index is 0.0289. The first kappa shape index (κ1) is 36.2. The van der Waals surface area contributed by atoms with Gasteiger partial charge in [-0.1, -0.05) is 48.1 Å². The number of carboxylic acid groups (broad SMARTS) is 1. The SMILES string of the molecule is C#CCOCCOCCN(CCOCCOCCOCCC(=O)O)C(=O)CCC(=O)N1Cc2ccccc2C#Cc2ccccc21. The second-order valence-electron chi connectivity index (χ2n) is 10.1. The summed E-state index contributed by atoms with van der Waals surface area (Å²) in [7, 11) is 0. The van der Waals surface area contributed by atoms with Gasteiger partial charge in [0.2, 0.25) is 11.8 Å². The van der Waals surface area contributed by atoms with Gasteiger partial charge in [0, 0.05) is 37.1 Å². The normalized spacial score (nSPS) is 11.7. The summed E-state index contributed by atoms with van der Waals surface area (Å²) in [6.07, 6.45) is 5.19. The maximum absolute atomic E-state index is 13.6. The van der Waals surface area contributed by atoms with Crippen molar-refractivity contribution in [3.63, 3.8) is 0 Å². The van der Waals surface area contributed by atoms with Gasteiger partial charge in [0.25, 0.3) is 0 Å². The molecule has 0 atom stereocenters. The molecule has 1 aliphatic heterocycles. The van der Waals surface area contributed by atoms with E-state index in [1.165, 1.54) is 0 Å². The number of hydrogen-bond acceptors (Lipinski definition) is 8. The fraction of sp³-hybridized carbons (Fsp3) is 0.457. The number of hydrogen-bond donors (Lipinski definition) is 1. The lowest BCUT2D eigenvalue weighted by Gasteiger charge is -2.27. The Morgan fingerprint density at radius 2 is 1.30 bits per heavy atom. The van der Waals surface area contributed by atoms with E-state index >= 15 is 0 Å². The van der Waals surface area contributed by atoms with E-state index in [1.54, 1.807) is 9.80 Å². The molecule has 11 heteroatoms. The second-order valence-corrected chi connectivity index (χ2v) is 10.1. The van der Waals surface area contributed by atoms with E-state index < -0.39 is 5.97 Å². The second kappa shape index (κ2) is 21.5. The van der Waals surface area contributed by atoms with Crippen molar-refractivity contribution in [1.29, 1.82) is 0 Å². The van der Waals surface area contributed by atoms with E-state index in [2.05, 4.69) is 17.8 Å². The summed E-state index contributed by atoms with van der Waals surface area (Å²) < 4.78 is 27.1. The predicted octanol–water partition coefficient (Wildman–Crippen LogP) is 2.73. The number of fused-ring (bicyclic) bond motifs is 2. The molecule has 0 saturated heterocycles. The molecule has 0 radical (unpaired) electrons. The Hall–Kier alpha value is -4.23. The maximum atomic E-state index is 13.6. The Bertz CT molecular complexity index is 1360. The summed E-state index contributed by atoms with van der Waals surface area (Å²) >= 11 is 0. The molecule has 1 aliphatic rings.